The Kier molecular flexibility index (Phi) is 11.0. The van der Waals surface area contributed by atoms with Crippen molar-refractivity contribution < 1.29 is 20.2 Å². The van der Waals surface area contributed by atoms with Crippen molar-refractivity contribution >= 4 is 34.5 Å². The number of pyridine rings is 2. The van der Waals surface area contributed by atoms with Crippen LogP contribution >= 0.6 is 0 Å². The average Bonchev–Trinajstić information content (AvgIpc) is 2.93. The quantitative estimate of drug-likeness (QED) is 0.207. The van der Waals surface area contributed by atoms with E-state index in [-0.39, 0.29) is 12.5 Å². The summed E-state index contributed by atoms with van der Waals surface area (Å²) in [6.45, 7) is 6.80. The molecule has 1 saturated heterocycles. The fourth-order valence-electron chi connectivity index (χ4n) is 4.41. The predicted molar refractivity (Wildman–Crippen MR) is 151 cm³/mol. The second-order valence-corrected chi connectivity index (χ2v) is 9.79. The molecule has 1 fully saturated rings. The number of nitrogens with zero attached hydrogens (tertiary/aromatic N) is 3. The van der Waals surface area contributed by atoms with E-state index in [9.17, 15) is 4.79 Å². The minimum absolute atomic E-state index is 0.0597. The Morgan fingerprint density at radius 2 is 2.08 bits per heavy atom. The minimum atomic E-state index is 0.0597. The summed E-state index contributed by atoms with van der Waals surface area (Å²) < 4.78 is 4.96. The van der Waals surface area contributed by atoms with Gasteiger partial charge in [-0.25, -0.2) is 4.98 Å². The van der Waals surface area contributed by atoms with E-state index >= 15 is 0 Å². The number of likely N-dealkylation sites (tertiary alicyclic amines) is 1. The molecule has 10 heteroatoms. The smallest absolute Gasteiger partial charge is 0.248 e. The first-order valence-electron chi connectivity index (χ1n) is 13.2. The van der Waals surface area contributed by atoms with E-state index in [2.05, 4.69) is 29.5 Å². The molecular formula is C28H42N8O2+2. The molecule has 0 spiro atoms. The molecule has 0 bridgehead atoms. The highest BCUT2D eigenvalue weighted by atomic mass is 16.5. The molecule has 1 aliphatic rings. The molecule has 204 valence electrons. The number of hydrogen-bond donors (Lipinski definition) is 5. The van der Waals surface area contributed by atoms with E-state index in [1.165, 1.54) is 6.21 Å². The molecule has 2 aromatic heterocycles. The van der Waals surface area contributed by atoms with Crippen LogP contribution in [-0.2, 0) is 9.53 Å². The van der Waals surface area contributed by atoms with Crippen molar-refractivity contribution in [3.05, 3.63) is 59.8 Å². The van der Waals surface area contributed by atoms with Gasteiger partial charge in [-0.15, -0.1) is 0 Å². The van der Waals surface area contributed by atoms with Gasteiger partial charge < -0.3 is 31.4 Å². The molecule has 3 rings (SSSR count). The van der Waals surface area contributed by atoms with Crippen LogP contribution in [0.5, 0.6) is 0 Å². The Hall–Kier alpha value is -3.60. The number of nitrogens with two attached hydrogens (primary N) is 3. The lowest BCUT2D eigenvalue weighted by Crippen LogP contribution is -2.80. The van der Waals surface area contributed by atoms with Gasteiger partial charge >= 0.3 is 0 Å². The molecule has 10 nitrogen and oxygen atoms in total. The number of amides is 1. The first-order valence-corrected chi connectivity index (χ1v) is 13.2. The van der Waals surface area contributed by atoms with Crippen molar-refractivity contribution in [1.29, 1.82) is 5.41 Å². The molecule has 3 heterocycles. The van der Waals surface area contributed by atoms with Gasteiger partial charge in [0.25, 0.3) is 0 Å². The summed E-state index contributed by atoms with van der Waals surface area (Å²) >= 11 is 0. The summed E-state index contributed by atoms with van der Waals surface area (Å²) in [6, 6.07) is 5.81. The van der Waals surface area contributed by atoms with E-state index in [1.807, 2.05) is 47.7 Å². The van der Waals surface area contributed by atoms with E-state index in [0.717, 1.165) is 66.0 Å². The number of piperidine rings is 1. The number of carbonyl (C=O) groups is 1. The zero-order valence-corrected chi connectivity index (χ0v) is 22.9. The van der Waals surface area contributed by atoms with E-state index < -0.39 is 0 Å². The fraction of sp³-hybridized carbons (Fsp3) is 0.429. The van der Waals surface area contributed by atoms with Gasteiger partial charge in [-0.05, 0) is 48.7 Å². The van der Waals surface area contributed by atoms with Gasteiger partial charge in [-0.3, -0.25) is 15.1 Å². The highest BCUT2D eigenvalue weighted by molar-refractivity contribution is 6.08. The van der Waals surface area contributed by atoms with Gasteiger partial charge in [0.15, 0.2) is 0 Å². The number of methoxy groups -OCH3 is 1. The van der Waals surface area contributed by atoms with Crippen molar-refractivity contribution in [2.24, 2.45) is 17.6 Å². The van der Waals surface area contributed by atoms with Crippen molar-refractivity contribution in [2.45, 2.75) is 26.7 Å². The molecule has 0 saturated carbocycles. The number of anilines is 1. The fourth-order valence-corrected chi connectivity index (χ4v) is 4.41. The van der Waals surface area contributed by atoms with Gasteiger partial charge in [-0.1, -0.05) is 13.8 Å². The molecule has 0 atom stereocenters. The molecule has 1 amide bonds. The average molecular weight is 523 g/mol. The van der Waals surface area contributed by atoms with Crippen LogP contribution in [0, 0.1) is 17.2 Å². The molecule has 2 aromatic rings. The first kappa shape index (κ1) is 29.0. The maximum absolute atomic E-state index is 12.0. The summed E-state index contributed by atoms with van der Waals surface area (Å²) in [5, 5.41) is 15.4. The third kappa shape index (κ3) is 7.95. The Morgan fingerprint density at radius 1 is 1.32 bits per heavy atom. The molecule has 1 aliphatic heterocycles. The number of ether oxygens (including phenoxy) is 1. The largest absolute Gasteiger partial charge is 0.404 e. The molecule has 0 radical (unpaired) electrons. The van der Waals surface area contributed by atoms with Crippen molar-refractivity contribution in [3.8, 4) is 0 Å². The second-order valence-electron chi connectivity index (χ2n) is 9.79. The summed E-state index contributed by atoms with van der Waals surface area (Å²) in [5.41, 5.74) is 10.00. The Morgan fingerprint density at radius 3 is 2.71 bits per heavy atom. The third-order valence-electron chi connectivity index (χ3n) is 6.79. The highest BCUT2D eigenvalue weighted by Gasteiger charge is 2.23. The molecule has 38 heavy (non-hydrogen) atoms. The maximum atomic E-state index is 12.0. The molecule has 0 aliphatic carbocycles. The first-order chi connectivity index (χ1) is 18.4. The summed E-state index contributed by atoms with van der Waals surface area (Å²) in [5.74, 6) is 2.52. The van der Waals surface area contributed by atoms with Crippen LogP contribution in [0.25, 0.3) is 16.6 Å². The lowest BCUT2D eigenvalue weighted by Gasteiger charge is -2.30. The normalized spacial score (nSPS) is 15.8. The second kappa shape index (κ2) is 14.4. The standard InChI is InChI=1S/C28H40N8O2/c1-19(2)21(13-29)12-27(31-3)35-26-6-5-24-25(34-26)11-22(17-33-24)23(14-30)16-32-15-20-7-9-36(10-8-20)28(37)18-38-4/h5-6,11-14,16-17,19-20,30-32H,7-10,15,18,29H2,1-4H3,(H,34,35)/p+2/b21-13+,23-16+,27-12+,30-14?. The van der Waals surface area contributed by atoms with Crippen LogP contribution in [0.3, 0.4) is 0 Å². The van der Waals surface area contributed by atoms with E-state index in [0.29, 0.717) is 17.7 Å². The molecule has 0 unspecified atom stereocenters. The zero-order chi connectivity index (χ0) is 27.5. The van der Waals surface area contributed by atoms with Gasteiger partial charge in [0.05, 0.1) is 30.2 Å². The zero-order valence-electron chi connectivity index (χ0n) is 22.9. The van der Waals surface area contributed by atoms with E-state index in [1.54, 1.807) is 19.5 Å². The van der Waals surface area contributed by atoms with Crippen LogP contribution in [0.15, 0.2) is 54.3 Å². The number of carbonyl (C=O) groups excluding carboxylic acids is 1. The van der Waals surface area contributed by atoms with Crippen molar-refractivity contribution in [3.63, 3.8) is 0 Å². The third-order valence-corrected chi connectivity index (χ3v) is 6.79. The summed E-state index contributed by atoms with van der Waals surface area (Å²) in [7, 11) is 3.52. The minimum Gasteiger partial charge on any atom is -0.404 e. The number of aromatic nitrogens is 2. The SMILES string of the molecule is C[NH2+]/C(=C\C(=C/N)C(C)C)Nc1ccc2ncc(/C(C=N)=C/[NH2+]CC3CCN(C(=O)COC)CC3)cc2n1. The Labute approximate surface area is 224 Å². The maximum Gasteiger partial charge on any atom is 0.248 e. The lowest BCUT2D eigenvalue weighted by molar-refractivity contribution is -0.594. The van der Waals surface area contributed by atoms with Crippen molar-refractivity contribution in [2.75, 3.05) is 45.7 Å². The van der Waals surface area contributed by atoms with Gasteiger partial charge in [-0.2, -0.15) is 0 Å². The topological polar surface area (TPSA) is 150 Å². The van der Waals surface area contributed by atoms with E-state index in [4.69, 9.17) is 20.9 Å². The Balaban J connectivity index is 1.67. The van der Waals surface area contributed by atoms with Crippen LogP contribution in [0.1, 0.15) is 32.3 Å². The highest BCUT2D eigenvalue weighted by Crippen LogP contribution is 2.20. The lowest BCUT2D eigenvalue weighted by atomic mass is 9.96. The van der Waals surface area contributed by atoms with Gasteiger partial charge in [0.2, 0.25) is 11.7 Å². The molecular weight excluding hydrogens is 480 g/mol. The number of hydrogen-bond acceptors (Lipinski definition) is 7. The Bertz CT molecular complexity index is 1200. The summed E-state index contributed by atoms with van der Waals surface area (Å²) in [4.78, 5) is 23.2. The van der Waals surface area contributed by atoms with Crippen LogP contribution in [0.2, 0.25) is 0 Å². The van der Waals surface area contributed by atoms with Crippen LogP contribution < -0.4 is 21.7 Å². The summed E-state index contributed by atoms with van der Waals surface area (Å²) in [6.07, 6.45) is 10.7. The van der Waals surface area contributed by atoms with Crippen LogP contribution in [-0.4, -0.2) is 67.4 Å². The number of nitrogens with one attached hydrogen (secondary N) is 2. The number of quaternary nitrogens is 2. The predicted octanol–water partition coefficient (Wildman–Crippen LogP) is 1.01. The number of allylic oxidation sites excluding steroid dienone is 3. The van der Waals surface area contributed by atoms with Gasteiger partial charge in [0, 0.05) is 50.2 Å². The molecule has 8 N–H and O–H groups in total. The number of rotatable bonds is 12. The van der Waals surface area contributed by atoms with Crippen LogP contribution in [0.4, 0.5) is 5.82 Å². The molecule has 0 aromatic carbocycles. The van der Waals surface area contributed by atoms with Crippen molar-refractivity contribution in [1.82, 2.24) is 14.9 Å². The van der Waals surface area contributed by atoms with Gasteiger partial charge in [0.1, 0.15) is 18.6 Å². The number of fused-ring (bicyclic) bond motifs is 1. The monoisotopic (exact) mass is 522 g/mol.